The number of ether oxygens (including phenoxy) is 2. The lowest BCUT2D eigenvalue weighted by Crippen LogP contribution is -2.30. The summed E-state index contributed by atoms with van der Waals surface area (Å²) >= 11 is 0. The normalized spacial score (nSPS) is 16.8. The van der Waals surface area contributed by atoms with Crippen molar-refractivity contribution in [1.82, 2.24) is 4.90 Å². The van der Waals surface area contributed by atoms with Crippen LogP contribution >= 0.6 is 0 Å². The van der Waals surface area contributed by atoms with E-state index >= 15 is 0 Å². The zero-order valence-corrected chi connectivity index (χ0v) is 15.8. The first-order chi connectivity index (χ1) is 12.6. The number of unbranched alkanes of at least 4 members (excludes halogenated alkanes) is 3. The van der Waals surface area contributed by atoms with Crippen LogP contribution in [0.3, 0.4) is 0 Å². The first kappa shape index (κ1) is 20.2. The van der Waals surface area contributed by atoms with Crippen LogP contribution in [0.2, 0.25) is 0 Å². The van der Waals surface area contributed by atoms with Crippen molar-refractivity contribution in [3.63, 3.8) is 0 Å². The number of amides is 2. The predicted molar refractivity (Wildman–Crippen MR) is 101 cm³/mol. The zero-order valence-electron chi connectivity index (χ0n) is 15.8. The highest BCUT2D eigenvalue weighted by atomic mass is 16.5. The quantitative estimate of drug-likeness (QED) is 0.614. The van der Waals surface area contributed by atoms with Crippen LogP contribution in [0.1, 0.15) is 39.0 Å². The Labute approximate surface area is 155 Å². The third-order valence-electron chi connectivity index (χ3n) is 4.54. The highest BCUT2D eigenvalue weighted by molar-refractivity contribution is 5.97. The van der Waals surface area contributed by atoms with Gasteiger partial charge in [-0.2, -0.15) is 0 Å². The van der Waals surface area contributed by atoms with Gasteiger partial charge in [0, 0.05) is 32.3 Å². The number of hydrogen-bond donors (Lipinski definition) is 1. The van der Waals surface area contributed by atoms with Gasteiger partial charge in [0.15, 0.2) is 0 Å². The van der Waals surface area contributed by atoms with E-state index in [-0.39, 0.29) is 24.2 Å². The minimum absolute atomic E-state index is 0.00835. The molecule has 1 fully saturated rings. The van der Waals surface area contributed by atoms with E-state index in [1.165, 1.54) is 19.3 Å². The van der Waals surface area contributed by atoms with Crippen molar-refractivity contribution in [2.45, 2.75) is 39.0 Å². The molecule has 0 aliphatic carbocycles. The number of anilines is 1. The summed E-state index contributed by atoms with van der Waals surface area (Å²) in [4.78, 5) is 26.0. The molecule has 1 saturated heterocycles. The Hall–Kier alpha value is -2.08. The highest BCUT2D eigenvalue weighted by Crippen LogP contribution is 2.21. The molecule has 0 saturated carbocycles. The van der Waals surface area contributed by atoms with Crippen LogP contribution in [0.4, 0.5) is 5.69 Å². The van der Waals surface area contributed by atoms with Gasteiger partial charge in [-0.05, 0) is 30.7 Å². The molecule has 1 aliphatic heterocycles. The predicted octanol–water partition coefficient (Wildman–Crippen LogP) is 3.08. The van der Waals surface area contributed by atoms with Gasteiger partial charge in [0.05, 0.1) is 19.1 Å². The van der Waals surface area contributed by atoms with E-state index in [1.807, 2.05) is 24.3 Å². The standard InChI is InChI=1S/C20H30N2O4/c1-3-4-5-6-12-26-18-9-7-17(8-10-18)21-20(24)16-14-19(23)22(15-16)11-13-25-2/h7-10,16H,3-6,11-15H2,1-2H3,(H,21,24). The average Bonchev–Trinajstić information content (AvgIpc) is 3.02. The SMILES string of the molecule is CCCCCCOc1ccc(NC(=O)C2CC(=O)N(CCOC)C2)cc1. The first-order valence-electron chi connectivity index (χ1n) is 9.44. The molecule has 6 nitrogen and oxygen atoms in total. The second kappa shape index (κ2) is 10.8. The Morgan fingerprint density at radius 2 is 1.96 bits per heavy atom. The van der Waals surface area contributed by atoms with E-state index in [2.05, 4.69) is 12.2 Å². The van der Waals surface area contributed by atoms with Crippen molar-refractivity contribution >= 4 is 17.5 Å². The number of likely N-dealkylation sites (tertiary alicyclic amines) is 1. The summed E-state index contributed by atoms with van der Waals surface area (Å²) in [6.07, 6.45) is 4.95. The second-order valence-electron chi connectivity index (χ2n) is 6.66. The zero-order chi connectivity index (χ0) is 18.8. The maximum atomic E-state index is 12.4. The Bertz CT molecular complexity index is 574. The molecule has 1 atom stereocenters. The molecule has 1 aromatic carbocycles. The summed E-state index contributed by atoms with van der Waals surface area (Å²) in [5.41, 5.74) is 0.719. The number of methoxy groups -OCH3 is 1. The van der Waals surface area contributed by atoms with Gasteiger partial charge in [0.25, 0.3) is 0 Å². The third-order valence-corrected chi connectivity index (χ3v) is 4.54. The van der Waals surface area contributed by atoms with Gasteiger partial charge in [0.2, 0.25) is 11.8 Å². The average molecular weight is 362 g/mol. The van der Waals surface area contributed by atoms with Crippen LogP contribution in [-0.4, -0.2) is 50.1 Å². The van der Waals surface area contributed by atoms with Crippen molar-refractivity contribution in [1.29, 1.82) is 0 Å². The number of benzene rings is 1. The van der Waals surface area contributed by atoms with Crippen LogP contribution < -0.4 is 10.1 Å². The Kier molecular flexibility index (Phi) is 8.41. The largest absolute Gasteiger partial charge is 0.494 e. The number of carbonyl (C=O) groups is 2. The molecule has 0 bridgehead atoms. The molecule has 1 N–H and O–H groups in total. The third kappa shape index (κ3) is 6.33. The maximum absolute atomic E-state index is 12.4. The van der Waals surface area contributed by atoms with Crippen LogP contribution in [0, 0.1) is 5.92 Å². The van der Waals surface area contributed by atoms with E-state index in [0.717, 1.165) is 17.9 Å². The molecule has 6 heteroatoms. The Morgan fingerprint density at radius 1 is 1.19 bits per heavy atom. The van der Waals surface area contributed by atoms with Gasteiger partial charge in [0.1, 0.15) is 5.75 Å². The number of hydrogen-bond acceptors (Lipinski definition) is 4. The molecule has 1 aliphatic rings. The van der Waals surface area contributed by atoms with Crippen LogP contribution in [0.25, 0.3) is 0 Å². The lowest BCUT2D eigenvalue weighted by atomic mass is 10.1. The van der Waals surface area contributed by atoms with Crippen LogP contribution in [0.5, 0.6) is 5.75 Å². The summed E-state index contributed by atoms with van der Waals surface area (Å²) in [6, 6.07) is 7.39. The molecule has 1 unspecified atom stereocenters. The van der Waals surface area contributed by atoms with E-state index < -0.39 is 0 Å². The van der Waals surface area contributed by atoms with E-state index in [1.54, 1.807) is 12.0 Å². The molecule has 0 spiro atoms. The molecule has 0 aromatic heterocycles. The molecule has 144 valence electrons. The van der Waals surface area contributed by atoms with Crippen LogP contribution in [0.15, 0.2) is 24.3 Å². The summed E-state index contributed by atoms with van der Waals surface area (Å²) in [7, 11) is 1.60. The number of nitrogens with zero attached hydrogens (tertiary/aromatic N) is 1. The molecule has 26 heavy (non-hydrogen) atoms. The lowest BCUT2D eigenvalue weighted by Gasteiger charge is -2.16. The highest BCUT2D eigenvalue weighted by Gasteiger charge is 2.33. The van der Waals surface area contributed by atoms with Crippen molar-refractivity contribution in [2.75, 3.05) is 38.7 Å². The number of nitrogens with one attached hydrogen (secondary N) is 1. The Morgan fingerprint density at radius 3 is 2.65 bits per heavy atom. The van der Waals surface area contributed by atoms with E-state index in [4.69, 9.17) is 9.47 Å². The monoisotopic (exact) mass is 362 g/mol. The fourth-order valence-corrected chi connectivity index (χ4v) is 2.96. The molecule has 2 amide bonds. The molecule has 1 heterocycles. The van der Waals surface area contributed by atoms with Crippen molar-refractivity contribution < 1.29 is 19.1 Å². The van der Waals surface area contributed by atoms with E-state index in [0.29, 0.717) is 26.3 Å². The summed E-state index contributed by atoms with van der Waals surface area (Å²) in [5, 5.41) is 2.89. The summed E-state index contributed by atoms with van der Waals surface area (Å²) < 4.78 is 10.7. The maximum Gasteiger partial charge on any atom is 0.229 e. The van der Waals surface area contributed by atoms with Crippen molar-refractivity contribution in [3.05, 3.63) is 24.3 Å². The topological polar surface area (TPSA) is 67.9 Å². The van der Waals surface area contributed by atoms with Crippen molar-refractivity contribution in [2.24, 2.45) is 5.92 Å². The molecular formula is C20H30N2O4. The minimum Gasteiger partial charge on any atom is -0.494 e. The summed E-state index contributed by atoms with van der Waals surface area (Å²) in [6.45, 7) is 4.37. The van der Waals surface area contributed by atoms with Gasteiger partial charge >= 0.3 is 0 Å². The van der Waals surface area contributed by atoms with Gasteiger partial charge < -0.3 is 19.7 Å². The number of carbonyl (C=O) groups excluding carboxylic acids is 2. The van der Waals surface area contributed by atoms with Gasteiger partial charge in [-0.25, -0.2) is 0 Å². The number of rotatable bonds is 11. The van der Waals surface area contributed by atoms with E-state index in [9.17, 15) is 9.59 Å². The smallest absolute Gasteiger partial charge is 0.229 e. The fourth-order valence-electron chi connectivity index (χ4n) is 2.96. The van der Waals surface area contributed by atoms with Crippen molar-refractivity contribution in [3.8, 4) is 5.75 Å². The van der Waals surface area contributed by atoms with Crippen LogP contribution in [-0.2, 0) is 14.3 Å². The summed E-state index contributed by atoms with van der Waals surface area (Å²) in [5.74, 6) is 0.385. The molecule has 0 radical (unpaired) electrons. The Balaban J connectivity index is 1.76. The molecular weight excluding hydrogens is 332 g/mol. The lowest BCUT2D eigenvalue weighted by molar-refractivity contribution is -0.128. The van der Waals surface area contributed by atoms with Gasteiger partial charge in [-0.3, -0.25) is 9.59 Å². The molecule has 1 aromatic rings. The van der Waals surface area contributed by atoms with Gasteiger partial charge in [-0.1, -0.05) is 26.2 Å². The first-order valence-corrected chi connectivity index (χ1v) is 9.44. The second-order valence-corrected chi connectivity index (χ2v) is 6.66. The fraction of sp³-hybridized carbons (Fsp3) is 0.600. The molecule has 2 rings (SSSR count). The van der Waals surface area contributed by atoms with Gasteiger partial charge in [-0.15, -0.1) is 0 Å². The minimum atomic E-state index is -0.311.